The minimum Gasteiger partial charge on any atom is -0.351 e. The van der Waals surface area contributed by atoms with E-state index in [1.807, 2.05) is 0 Å². The molecule has 1 unspecified atom stereocenters. The molecule has 2 aromatic rings. The van der Waals surface area contributed by atoms with Crippen LogP contribution in [0.2, 0.25) is 5.02 Å². The quantitative estimate of drug-likeness (QED) is 0.586. The van der Waals surface area contributed by atoms with E-state index in [1.54, 1.807) is 37.3 Å². The van der Waals surface area contributed by atoms with E-state index in [-0.39, 0.29) is 17.5 Å². The summed E-state index contributed by atoms with van der Waals surface area (Å²) in [4.78, 5) is 27.7. The van der Waals surface area contributed by atoms with E-state index in [2.05, 4.69) is 5.32 Å². The van der Waals surface area contributed by atoms with Crippen molar-refractivity contribution < 1.29 is 14.0 Å². The molecule has 0 bridgehead atoms. The van der Waals surface area contributed by atoms with Crippen molar-refractivity contribution in [3.8, 4) is 0 Å². The molecule has 7 heteroatoms. The van der Waals surface area contributed by atoms with E-state index in [1.165, 1.54) is 17.0 Å². The highest BCUT2D eigenvalue weighted by atomic mass is 35.5. The molecule has 1 aliphatic rings. The lowest BCUT2D eigenvalue weighted by Gasteiger charge is -2.34. The maximum Gasteiger partial charge on any atom is 0.248 e. The van der Waals surface area contributed by atoms with Gasteiger partial charge in [0.05, 0.1) is 0 Å². The highest BCUT2D eigenvalue weighted by molar-refractivity contribution is 6.32. The number of hydrogen-bond donors (Lipinski definition) is 1. The van der Waals surface area contributed by atoms with Gasteiger partial charge >= 0.3 is 0 Å². The zero-order chi connectivity index (χ0) is 21.7. The zero-order valence-electron chi connectivity index (χ0n) is 16.8. The lowest BCUT2D eigenvalue weighted by atomic mass is 9.94. The van der Waals surface area contributed by atoms with Crippen molar-refractivity contribution in [3.63, 3.8) is 0 Å². The van der Waals surface area contributed by atoms with Gasteiger partial charge in [-0.3, -0.25) is 14.5 Å². The van der Waals surface area contributed by atoms with Crippen LogP contribution in [-0.4, -0.2) is 23.7 Å². The number of amides is 2. The summed E-state index contributed by atoms with van der Waals surface area (Å²) in [6.45, 7) is 1.75. The molecule has 0 spiro atoms. The molecular weight excluding hydrogens is 426 g/mol. The van der Waals surface area contributed by atoms with Crippen LogP contribution in [-0.2, 0) is 9.59 Å². The lowest BCUT2D eigenvalue weighted by Crippen LogP contribution is -2.48. The van der Waals surface area contributed by atoms with Gasteiger partial charge in [-0.1, -0.05) is 55.1 Å². The fourth-order valence-electron chi connectivity index (χ4n) is 3.96. The third-order valence-electron chi connectivity index (χ3n) is 5.54. The molecule has 1 atom stereocenters. The van der Waals surface area contributed by atoms with E-state index < -0.39 is 23.7 Å². The number of carbonyl (C=O) groups is 2. The van der Waals surface area contributed by atoms with Crippen LogP contribution in [0.1, 0.15) is 49.3 Å². The predicted molar refractivity (Wildman–Crippen MR) is 119 cm³/mol. The molecule has 4 nitrogen and oxygen atoms in total. The van der Waals surface area contributed by atoms with Gasteiger partial charge in [-0.15, -0.1) is 11.6 Å². The van der Waals surface area contributed by atoms with Crippen molar-refractivity contribution >= 4 is 40.7 Å². The van der Waals surface area contributed by atoms with Gasteiger partial charge in [-0.05, 0) is 43.5 Å². The Bertz CT molecular complexity index is 916. The Kier molecular flexibility index (Phi) is 7.73. The van der Waals surface area contributed by atoms with Gasteiger partial charge in [-0.25, -0.2) is 4.39 Å². The average Bonchev–Trinajstić information content (AvgIpc) is 2.75. The molecule has 160 valence electrons. The van der Waals surface area contributed by atoms with Gasteiger partial charge in [0.15, 0.2) is 0 Å². The van der Waals surface area contributed by atoms with Gasteiger partial charge in [0.1, 0.15) is 17.7 Å². The topological polar surface area (TPSA) is 49.4 Å². The fourth-order valence-corrected chi connectivity index (χ4v) is 4.26. The Morgan fingerprint density at radius 3 is 2.50 bits per heavy atom. The molecule has 1 saturated carbocycles. The standard InChI is InChI=1S/C23H25Cl2FN2O2/c1-15-18(25)11-7-13-20(15)28(21(29)14-24)22(17-10-5-6-12-19(17)26)23(30)27-16-8-3-2-4-9-16/h5-7,10-13,16,22H,2-4,8-9,14H2,1H3,(H,27,30). The van der Waals surface area contributed by atoms with E-state index in [0.29, 0.717) is 16.3 Å². The van der Waals surface area contributed by atoms with Crippen LogP contribution in [0.5, 0.6) is 0 Å². The zero-order valence-corrected chi connectivity index (χ0v) is 18.3. The van der Waals surface area contributed by atoms with Crippen LogP contribution in [0.3, 0.4) is 0 Å². The molecule has 1 fully saturated rings. The van der Waals surface area contributed by atoms with Gasteiger partial charge in [0.2, 0.25) is 11.8 Å². The second-order valence-corrected chi connectivity index (χ2v) is 8.22. The fraction of sp³-hybridized carbons (Fsp3) is 0.391. The molecule has 0 heterocycles. The maximum absolute atomic E-state index is 14.8. The highest BCUT2D eigenvalue weighted by Gasteiger charge is 2.36. The summed E-state index contributed by atoms with van der Waals surface area (Å²) in [5, 5.41) is 3.48. The summed E-state index contributed by atoms with van der Waals surface area (Å²) in [6.07, 6.45) is 4.95. The molecule has 2 amide bonds. The Morgan fingerprint density at radius 2 is 1.83 bits per heavy atom. The Balaban J connectivity index is 2.09. The summed E-state index contributed by atoms with van der Waals surface area (Å²) >= 11 is 12.2. The number of anilines is 1. The van der Waals surface area contributed by atoms with Crippen molar-refractivity contribution in [1.82, 2.24) is 5.32 Å². The van der Waals surface area contributed by atoms with E-state index in [0.717, 1.165) is 32.1 Å². The molecule has 1 N–H and O–H groups in total. The van der Waals surface area contributed by atoms with Crippen LogP contribution in [0.25, 0.3) is 0 Å². The normalized spacial score (nSPS) is 15.5. The summed E-state index contributed by atoms with van der Waals surface area (Å²) in [7, 11) is 0. The van der Waals surface area contributed by atoms with E-state index >= 15 is 0 Å². The molecule has 0 aliphatic heterocycles. The molecule has 1 aliphatic carbocycles. The number of carbonyl (C=O) groups excluding carboxylic acids is 2. The molecule has 30 heavy (non-hydrogen) atoms. The van der Waals surface area contributed by atoms with Crippen LogP contribution in [0.15, 0.2) is 42.5 Å². The summed E-state index contributed by atoms with van der Waals surface area (Å²) in [5.74, 6) is -1.85. The van der Waals surface area contributed by atoms with Gasteiger partial charge < -0.3 is 5.32 Å². The third kappa shape index (κ3) is 4.96. The first-order valence-corrected chi connectivity index (χ1v) is 11.0. The van der Waals surface area contributed by atoms with Crippen LogP contribution < -0.4 is 10.2 Å². The van der Waals surface area contributed by atoms with E-state index in [4.69, 9.17) is 23.2 Å². The molecule has 2 aromatic carbocycles. The monoisotopic (exact) mass is 450 g/mol. The summed E-state index contributed by atoms with van der Waals surface area (Å²) in [6, 6.07) is 9.89. The third-order valence-corrected chi connectivity index (χ3v) is 6.18. The Labute approximate surface area is 186 Å². The molecule has 3 rings (SSSR count). The number of rotatable bonds is 6. The second-order valence-electron chi connectivity index (χ2n) is 7.55. The second kappa shape index (κ2) is 10.3. The number of nitrogens with one attached hydrogen (secondary N) is 1. The van der Waals surface area contributed by atoms with Crippen molar-refractivity contribution in [2.75, 3.05) is 10.8 Å². The maximum atomic E-state index is 14.8. The minimum absolute atomic E-state index is 0.00827. The Morgan fingerprint density at radius 1 is 1.13 bits per heavy atom. The first-order valence-electron chi connectivity index (χ1n) is 10.1. The Hall–Kier alpha value is -2.11. The largest absolute Gasteiger partial charge is 0.351 e. The number of nitrogens with zero attached hydrogens (tertiary/aromatic N) is 1. The summed E-state index contributed by atoms with van der Waals surface area (Å²) in [5.41, 5.74) is 1.16. The lowest BCUT2D eigenvalue weighted by molar-refractivity contribution is -0.126. The van der Waals surface area contributed by atoms with Crippen molar-refractivity contribution in [1.29, 1.82) is 0 Å². The highest BCUT2D eigenvalue weighted by Crippen LogP contribution is 2.35. The van der Waals surface area contributed by atoms with Crippen LogP contribution in [0, 0.1) is 12.7 Å². The van der Waals surface area contributed by atoms with E-state index in [9.17, 15) is 14.0 Å². The van der Waals surface area contributed by atoms with Crippen LogP contribution >= 0.6 is 23.2 Å². The number of hydrogen-bond acceptors (Lipinski definition) is 2. The van der Waals surface area contributed by atoms with Crippen LogP contribution in [0.4, 0.5) is 10.1 Å². The minimum atomic E-state index is -1.20. The first kappa shape index (κ1) is 22.6. The summed E-state index contributed by atoms with van der Waals surface area (Å²) < 4.78 is 14.8. The van der Waals surface area contributed by atoms with Gasteiger partial charge in [0.25, 0.3) is 0 Å². The molecule has 0 aromatic heterocycles. The number of alkyl halides is 1. The van der Waals surface area contributed by atoms with Gasteiger partial charge in [0, 0.05) is 22.3 Å². The number of benzene rings is 2. The van der Waals surface area contributed by atoms with Crippen molar-refractivity contribution in [2.45, 2.75) is 51.1 Å². The number of halogens is 3. The molecular formula is C23H25Cl2FN2O2. The molecule has 0 saturated heterocycles. The smallest absolute Gasteiger partial charge is 0.248 e. The first-order chi connectivity index (χ1) is 14.4. The predicted octanol–water partition coefficient (Wildman–Crippen LogP) is 5.55. The molecule has 0 radical (unpaired) electrons. The SMILES string of the molecule is Cc1c(Cl)cccc1N(C(=O)CCl)C(C(=O)NC1CCCCC1)c1ccccc1F. The van der Waals surface area contributed by atoms with Crippen molar-refractivity contribution in [2.24, 2.45) is 0 Å². The van der Waals surface area contributed by atoms with Crippen molar-refractivity contribution in [3.05, 3.63) is 64.4 Å². The average molecular weight is 451 g/mol. The van der Waals surface area contributed by atoms with Gasteiger partial charge in [-0.2, -0.15) is 0 Å².